The Morgan fingerprint density at radius 2 is 0.504 bits per heavy atom. The van der Waals surface area contributed by atoms with Gasteiger partial charge in [0.15, 0.2) is 0 Å². The molecule has 0 fully saturated rings. The number of rotatable bonds is 47. The number of primary amides is 8. The monoisotopic (exact) mass is 1690 g/mol. The molecule has 48 heteroatoms. The predicted octanol–water partition coefficient (Wildman–Crippen LogP) is 0.636. The molecule has 0 saturated carbocycles. The molecule has 0 radical (unpaired) electrons. The molecule has 117 heavy (non-hydrogen) atoms. The first-order chi connectivity index (χ1) is 55.2. The second-order valence-corrected chi connectivity index (χ2v) is 32.9. The number of sulfonamides is 4. The van der Waals surface area contributed by atoms with Gasteiger partial charge in [-0.25, -0.2) is 43.3 Å². The van der Waals surface area contributed by atoms with Gasteiger partial charge in [0.05, 0.1) is 37.8 Å². The minimum Gasteiger partial charge on any atom is -0.478 e. The SMILES string of the molecule is COC(=O)c1cc(Nc2nc(Nc3cccc(S(=O)(=O)N(CCC(N)=O)CCC(N)=O)c3)nc(Nc3cccc(S(=O)(=O)N(CCC(N)=O)CCC(N)=O)c3)n2)ccc1-c1ccc(Nc2nc(Nc3cccc(S(=O)(=O)N(CCC(N)=O)CCC(N)=O)c3)nc(Nc3cccc(S(=O)(=O)N(CCC(N)=O)CCC(N)=O)c3)n2)cc1C(=O)O. The van der Waals surface area contributed by atoms with E-state index in [1.165, 1.54) is 115 Å². The summed E-state index contributed by atoms with van der Waals surface area (Å²) in [6.45, 7) is -3.36. The lowest BCUT2D eigenvalue weighted by Gasteiger charge is -2.21. The molecule has 23 N–H and O–H groups in total. The third kappa shape index (κ3) is 25.2. The molecule has 0 unspecified atom stereocenters. The van der Waals surface area contributed by atoms with Crippen molar-refractivity contribution >= 4 is 169 Å². The van der Waals surface area contributed by atoms with Crippen LogP contribution >= 0.6 is 0 Å². The van der Waals surface area contributed by atoms with Crippen LogP contribution in [0.5, 0.6) is 0 Å². The second-order valence-electron chi connectivity index (χ2n) is 25.1. The minimum absolute atomic E-state index is 0.0142. The fourth-order valence-corrected chi connectivity index (χ4v) is 16.8. The maximum Gasteiger partial charge on any atom is 0.338 e. The number of nitrogens with one attached hydrogen (secondary N) is 6. The number of anilines is 12. The Morgan fingerprint density at radius 3 is 0.701 bits per heavy atom. The summed E-state index contributed by atoms with van der Waals surface area (Å²) < 4.78 is 121. The fraction of sp³-hybridized carbons (Fsp3) is 0.246. The predicted molar refractivity (Wildman–Crippen MR) is 421 cm³/mol. The molecule has 0 aliphatic carbocycles. The van der Waals surface area contributed by atoms with Crippen molar-refractivity contribution in [3.63, 3.8) is 0 Å². The van der Waals surface area contributed by atoms with Crippen LogP contribution in [0.2, 0.25) is 0 Å². The van der Waals surface area contributed by atoms with Gasteiger partial charge in [-0.2, -0.15) is 47.1 Å². The number of nitrogens with two attached hydrogens (primary N) is 8. The van der Waals surface area contributed by atoms with E-state index >= 15 is 0 Å². The smallest absolute Gasteiger partial charge is 0.338 e. The number of carbonyl (C=O) groups is 10. The Morgan fingerprint density at radius 1 is 0.308 bits per heavy atom. The van der Waals surface area contributed by atoms with Crippen molar-refractivity contribution in [2.45, 2.75) is 70.9 Å². The third-order valence-corrected chi connectivity index (χ3v) is 24.1. The van der Waals surface area contributed by atoms with Crippen LogP contribution in [-0.4, -0.2) is 205 Å². The van der Waals surface area contributed by atoms with Gasteiger partial charge in [-0.1, -0.05) is 36.4 Å². The maximum atomic E-state index is 14.1. The zero-order valence-electron chi connectivity index (χ0n) is 61.9. The first kappa shape index (κ1) is 89.0. The molecule has 8 rings (SSSR count). The number of carboxylic acids is 1. The number of carboxylic acid groups (broad SMARTS) is 1. The summed E-state index contributed by atoms with van der Waals surface area (Å²) in [5.74, 6) is -11.3. The standard InChI is InChI=1S/C69H80N24O20S4/c1-113-63(104)53-39-45(83-69-88-66(80-42-8-4-12-48(36-42)116(109,110)92(30-22-58(74)98)31-23-59(75)99)85-67(89-69)81-43-9-5-13-49(37-43)117(111,112)93(32-24-60(76)100)33-25-61(77)101)15-17-51(53)50-16-14-44(38-52(50)62(102)103)82-68-86-64(78-40-6-2-10-46(34-40)114(105,106)90(26-18-54(70)94)27-19-55(71)95)84-65(87-68)79-41-7-3-11-47(35-41)115(107,108)91(28-20-56(72)96)29-21-57(73)97/h2-17,34-39H,18-33H2,1H3,(H2,70,94)(H2,71,95)(H2,72,96)(H2,73,97)(H2,74,98)(H2,75,99)(H2,76,100)(H2,77,101)(H,102,103)(H3,78,79,82,84,86,87)(H3,80,81,83,85,88,89). The van der Waals surface area contributed by atoms with Crippen LogP contribution in [-0.2, 0) is 83.2 Å². The largest absolute Gasteiger partial charge is 0.478 e. The van der Waals surface area contributed by atoms with E-state index in [1.54, 1.807) is 0 Å². The van der Waals surface area contributed by atoms with E-state index in [1.807, 2.05) is 0 Å². The summed E-state index contributed by atoms with van der Waals surface area (Å²) in [5, 5.41) is 28.3. The number of benzene rings is 6. The molecule has 620 valence electrons. The van der Waals surface area contributed by atoms with Gasteiger partial charge in [-0.3, -0.25) is 38.4 Å². The number of ether oxygens (including phenoxy) is 1. The van der Waals surface area contributed by atoms with Gasteiger partial charge in [0.1, 0.15) is 0 Å². The topological polar surface area (TPSA) is 707 Å². The van der Waals surface area contributed by atoms with Crippen LogP contribution in [0.1, 0.15) is 72.1 Å². The number of aromatic nitrogens is 6. The Bertz CT molecular complexity index is 5300. The van der Waals surface area contributed by atoms with Crippen LogP contribution in [0, 0.1) is 0 Å². The van der Waals surface area contributed by atoms with E-state index in [4.69, 9.17) is 50.6 Å². The molecule has 0 bridgehead atoms. The number of esters is 1. The number of hydrogen-bond acceptors (Lipinski definition) is 31. The minimum atomic E-state index is -4.49. The molecule has 0 spiro atoms. The number of hydrogen-bond donors (Lipinski definition) is 15. The molecular weight excluding hydrogens is 1610 g/mol. The molecule has 0 atom stereocenters. The molecular formula is C69H80N24O20S4. The summed E-state index contributed by atoms with van der Waals surface area (Å²) in [6.07, 6.45) is -3.34. The van der Waals surface area contributed by atoms with Crippen LogP contribution in [0.4, 0.5) is 69.8 Å². The quantitative estimate of drug-likeness (QED) is 0.0233. The number of aromatic carboxylic acids is 1. The normalized spacial score (nSPS) is 11.7. The van der Waals surface area contributed by atoms with Gasteiger partial charge >= 0.3 is 11.9 Å². The van der Waals surface area contributed by atoms with E-state index in [0.29, 0.717) is 0 Å². The maximum absolute atomic E-state index is 14.1. The number of nitrogens with zero attached hydrogens (tertiary/aromatic N) is 10. The van der Waals surface area contributed by atoms with Crippen molar-refractivity contribution in [2.24, 2.45) is 45.9 Å². The van der Waals surface area contributed by atoms with E-state index in [-0.39, 0.29) is 106 Å². The van der Waals surface area contributed by atoms with Crippen LogP contribution in [0.25, 0.3) is 11.1 Å². The molecule has 8 amide bonds. The van der Waals surface area contributed by atoms with Gasteiger partial charge in [0.2, 0.25) is 123 Å². The Labute approximate surface area is 668 Å². The van der Waals surface area contributed by atoms with Gasteiger partial charge in [-0.15, -0.1) is 0 Å². The van der Waals surface area contributed by atoms with Crippen molar-refractivity contribution in [2.75, 3.05) is 91.4 Å². The molecule has 0 saturated heterocycles. The Kier molecular flexibility index (Phi) is 30.1. The summed E-state index contributed by atoms with van der Waals surface area (Å²) in [5.41, 5.74) is 41.9. The lowest BCUT2D eigenvalue weighted by Crippen LogP contribution is -2.36. The van der Waals surface area contributed by atoms with Gasteiger partial charge in [0, 0.05) is 138 Å². The highest BCUT2D eigenvalue weighted by Gasteiger charge is 2.32. The Hall–Kier alpha value is -13.5. The van der Waals surface area contributed by atoms with Crippen molar-refractivity contribution < 1.29 is 91.5 Å². The first-order valence-corrected chi connectivity index (χ1v) is 40.4. The van der Waals surface area contributed by atoms with E-state index < -0.39 is 209 Å². The zero-order valence-corrected chi connectivity index (χ0v) is 65.2. The Balaban J connectivity index is 1.18. The van der Waals surface area contributed by atoms with E-state index in [2.05, 4.69) is 61.8 Å². The van der Waals surface area contributed by atoms with Crippen molar-refractivity contribution in [1.29, 1.82) is 0 Å². The second kappa shape index (κ2) is 39.5. The van der Waals surface area contributed by atoms with Crippen LogP contribution in [0.3, 0.4) is 0 Å². The summed E-state index contributed by atoms with van der Waals surface area (Å²) >= 11 is 0. The van der Waals surface area contributed by atoms with Gasteiger partial charge in [-0.05, 0) is 108 Å². The molecule has 8 aromatic rings. The average Bonchev–Trinajstić information content (AvgIpc) is 0.801. The molecule has 2 heterocycles. The average molecular weight is 1690 g/mol. The summed E-state index contributed by atoms with van der Waals surface area (Å²) in [7, 11) is -16.9. The third-order valence-electron chi connectivity index (χ3n) is 16.5. The number of methoxy groups -OCH3 is 1. The lowest BCUT2D eigenvalue weighted by molar-refractivity contribution is -0.119. The molecule has 0 aliphatic heterocycles. The van der Waals surface area contributed by atoms with Gasteiger partial charge < -0.3 is 87.6 Å². The lowest BCUT2D eigenvalue weighted by atomic mass is 9.94. The van der Waals surface area contributed by atoms with E-state index in [9.17, 15) is 86.7 Å². The van der Waals surface area contributed by atoms with Crippen LogP contribution in [0.15, 0.2) is 153 Å². The van der Waals surface area contributed by atoms with Crippen molar-refractivity contribution in [1.82, 2.24) is 47.1 Å². The van der Waals surface area contributed by atoms with Gasteiger partial charge in [0.25, 0.3) is 0 Å². The van der Waals surface area contributed by atoms with E-state index in [0.717, 1.165) is 42.5 Å². The molecule has 6 aromatic carbocycles. The molecule has 44 nitrogen and oxygen atoms in total. The van der Waals surface area contributed by atoms with Crippen molar-refractivity contribution in [3.05, 3.63) is 145 Å². The fourth-order valence-electron chi connectivity index (χ4n) is 10.9. The molecule has 2 aromatic heterocycles. The molecule has 0 aliphatic rings. The highest BCUT2D eigenvalue weighted by Crippen LogP contribution is 2.35. The summed E-state index contributed by atoms with van der Waals surface area (Å²) in [6, 6.07) is 28.4. The highest BCUT2D eigenvalue weighted by atomic mass is 32.2. The van der Waals surface area contributed by atoms with Crippen molar-refractivity contribution in [3.8, 4) is 11.1 Å². The highest BCUT2D eigenvalue weighted by molar-refractivity contribution is 7.90. The van der Waals surface area contributed by atoms with Crippen LogP contribution < -0.4 is 77.8 Å². The zero-order chi connectivity index (χ0) is 85.7. The first-order valence-electron chi connectivity index (χ1n) is 34.6. The summed E-state index contributed by atoms with van der Waals surface area (Å²) in [4.78, 5) is 147. The number of amides is 8. The number of carbonyl (C=O) groups excluding carboxylic acids is 9.